The molecule has 0 aliphatic carbocycles. The molecule has 3 rings (SSSR count). The molecule has 0 spiro atoms. The molecule has 1 saturated heterocycles. The Morgan fingerprint density at radius 1 is 1.43 bits per heavy atom. The minimum atomic E-state index is -0.0825. The molecule has 21 heavy (non-hydrogen) atoms. The molecule has 1 fully saturated rings. The first kappa shape index (κ1) is 14.4. The van der Waals surface area contributed by atoms with Gasteiger partial charge in [-0.3, -0.25) is 4.79 Å². The van der Waals surface area contributed by atoms with Crippen molar-refractivity contribution in [2.75, 3.05) is 13.6 Å². The molecule has 0 aromatic heterocycles. The molecule has 1 aromatic carbocycles. The Morgan fingerprint density at radius 2 is 2.24 bits per heavy atom. The fourth-order valence-electron chi connectivity index (χ4n) is 3.21. The maximum absolute atomic E-state index is 11.5. The van der Waals surface area contributed by atoms with E-state index in [1.807, 2.05) is 11.9 Å². The zero-order valence-corrected chi connectivity index (χ0v) is 13.1. The van der Waals surface area contributed by atoms with Crippen LogP contribution in [0.5, 0.6) is 5.75 Å². The van der Waals surface area contributed by atoms with Gasteiger partial charge in [0.1, 0.15) is 11.4 Å². The number of likely N-dealkylation sites (tertiary alicyclic amines) is 1. The van der Waals surface area contributed by atoms with Crippen LogP contribution in [0.1, 0.15) is 37.8 Å². The topological polar surface area (TPSA) is 41.6 Å². The molecule has 4 heteroatoms. The van der Waals surface area contributed by atoms with Gasteiger partial charge in [-0.05, 0) is 37.5 Å². The van der Waals surface area contributed by atoms with Crippen LogP contribution in [-0.2, 0) is 17.8 Å². The summed E-state index contributed by atoms with van der Waals surface area (Å²) in [5, 5.41) is 3.57. The van der Waals surface area contributed by atoms with Crippen LogP contribution in [0.4, 0.5) is 0 Å². The van der Waals surface area contributed by atoms with Crippen molar-refractivity contribution in [3.05, 3.63) is 29.3 Å². The van der Waals surface area contributed by atoms with E-state index >= 15 is 0 Å². The van der Waals surface area contributed by atoms with Gasteiger partial charge in [0, 0.05) is 39.0 Å². The van der Waals surface area contributed by atoms with E-state index in [-0.39, 0.29) is 11.5 Å². The van der Waals surface area contributed by atoms with Crippen molar-refractivity contribution < 1.29 is 9.53 Å². The molecule has 0 radical (unpaired) electrons. The maximum Gasteiger partial charge on any atom is 0.222 e. The van der Waals surface area contributed by atoms with Gasteiger partial charge in [-0.1, -0.05) is 12.1 Å². The lowest BCUT2D eigenvalue weighted by Gasteiger charge is -2.30. The van der Waals surface area contributed by atoms with E-state index < -0.39 is 0 Å². The summed E-state index contributed by atoms with van der Waals surface area (Å²) in [5.41, 5.74) is 2.51. The Kier molecular flexibility index (Phi) is 3.66. The third-order valence-corrected chi connectivity index (χ3v) is 4.35. The molecule has 2 aliphatic heterocycles. The van der Waals surface area contributed by atoms with E-state index in [0.29, 0.717) is 12.5 Å². The molecule has 114 valence electrons. The maximum atomic E-state index is 11.5. The van der Waals surface area contributed by atoms with Gasteiger partial charge in [0.2, 0.25) is 5.91 Å². The fraction of sp³-hybridized carbons (Fsp3) is 0.588. The normalized spacial score (nSPS) is 23.9. The molecule has 1 unspecified atom stereocenters. The number of carbonyl (C=O) groups is 1. The summed E-state index contributed by atoms with van der Waals surface area (Å²) in [6.07, 6.45) is 2.56. The third-order valence-electron chi connectivity index (χ3n) is 4.35. The number of hydrogen-bond acceptors (Lipinski definition) is 3. The Labute approximate surface area is 126 Å². The highest BCUT2D eigenvalue weighted by atomic mass is 16.5. The molecule has 2 aliphatic rings. The van der Waals surface area contributed by atoms with E-state index in [1.54, 1.807) is 0 Å². The van der Waals surface area contributed by atoms with Gasteiger partial charge in [0.15, 0.2) is 0 Å². The summed E-state index contributed by atoms with van der Waals surface area (Å²) in [6, 6.07) is 6.85. The molecule has 1 N–H and O–H groups in total. The lowest BCUT2D eigenvalue weighted by molar-refractivity contribution is -0.132. The van der Waals surface area contributed by atoms with Gasteiger partial charge in [0.05, 0.1) is 0 Å². The molecule has 0 bridgehead atoms. The second-order valence-electron chi connectivity index (χ2n) is 6.87. The first-order valence-electron chi connectivity index (χ1n) is 7.71. The molecular formula is C17H24N2O2. The first-order valence-corrected chi connectivity index (χ1v) is 7.71. The minimum absolute atomic E-state index is 0.0825. The summed E-state index contributed by atoms with van der Waals surface area (Å²) in [6.45, 7) is 5.90. The Morgan fingerprint density at radius 3 is 3.00 bits per heavy atom. The van der Waals surface area contributed by atoms with Crippen molar-refractivity contribution in [1.82, 2.24) is 10.2 Å². The highest BCUT2D eigenvalue weighted by molar-refractivity contribution is 5.76. The monoisotopic (exact) mass is 288 g/mol. The largest absolute Gasteiger partial charge is 0.487 e. The number of hydrogen-bond donors (Lipinski definition) is 1. The predicted molar refractivity (Wildman–Crippen MR) is 82.4 cm³/mol. The molecule has 2 heterocycles. The number of fused-ring (bicyclic) bond motifs is 1. The quantitative estimate of drug-likeness (QED) is 0.926. The van der Waals surface area contributed by atoms with Crippen molar-refractivity contribution in [3.63, 3.8) is 0 Å². The number of amides is 1. The fourth-order valence-corrected chi connectivity index (χ4v) is 3.21. The van der Waals surface area contributed by atoms with Crippen LogP contribution in [0.2, 0.25) is 0 Å². The lowest BCUT2D eigenvalue weighted by atomic mass is 10.00. The molecule has 1 atom stereocenters. The van der Waals surface area contributed by atoms with Crippen LogP contribution in [-0.4, -0.2) is 36.0 Å². The predicted octanol–water partition coefficient (Wildman–Crippen LogP) is 2.11. The lowest BCUT2D eigenvalue weighted by Crippen LogP contribution is -2.46. The number of carbonyl (C=O) groups excluding carboxylic acids is 1. The number of likely N-dealkylation sites (N-methyl/N-ethyl adjacent to an activating group) is 1. The van der Waals surface area contributed by atoms with Crippen molar-refractivity contribution in [2.45, 2.75) is 51.3 Å². The standard InChI is InChI=1S/C17H24N2O2/c1-17(2)9-13-8-12(4-6-15(13)21-17)10-18-14-5-7-16(20)19(3)11-14/h4,6,8,14,18H,5,7,9-11H2,1-3H3. The molecule has 0 saturated carbocycles. The van der Waals surface area contributed by atoms with Crippen LogP contribution >= 0.6 is 0 Å². The van der Waals surface area contributed by atoms with E-state index in [9.17, 15) is 4.79 Å². The highest BCUT2D eigenvalue weighted by Gasteiger charge is 2.30. The summed E-state index contributed by atoms with van der Waals surface area (Å²) in [7, 11) is 1.88. The smallest absolute Gasteiger partial charge is 0.222 e. The van der Waals surface area contributed by atoms with E-state index in [4.69, 9.17) is 4.74 Å². The van der Waals surface area contributed by atoms with Crippen molar-refractivity contribution in [1.29, 1.82) is 0 Å². The van der Waals surface area contributed by atoms with Gasteiger partial charge in [-0.25, -0.2) is 0 Å². The number of benzene rings is 1. The number of piperidine rings is 1. The van der Waals surface area contributed by atoms with Crippen LogP contribution < -0.4 is 10.1 Å². The van der Waals surface area contributed by atoms with Gasteiger partial charge in [-0.2, -0.15) is 0 Å². The highest BCUT2D eigenvalue weighted by Crippen LogP contribution is 2.35. The molecular weight excluding hydrogens is 264 g/mol. The zero-order valence-electron chi connectivity index (χ0n) is 13.1. The van der Waals surface area contributed by atoms with Gasteiger partial charge in [-0.15, -0.1) is 0 Å². The Bertz CT molecular complexity index is 554. The number of nitrogens with zero attached hydrogens (tertiary/aromatic N) is 1. The second-order valence-corrected chi connectivity index (χ2v) is 6.87. The number of rotatable bonds is 3. The average molecular weight is 288 g/mol. The summed E-state index contributed by atoms with van der Waals surface area (Å²) in [4.78, 5) is 13.3. The Hall–Kier alpha value is -1.55. The van der Waals surface area contributed by atoms with Crippen LogP contribution in [0, 0.1) is 0 Å². The molecule has 1 aromatic rings. The number of nitrogens with one attached hydrogen (secondary N) is 1. The van der Waals surface area contributed by atoms with Crippen LogP contribution in [0.3, 0.4) is 0 Å². The third kappa shape index (κ3) is 3.21. The summed E-state index contributed by atoms with van der Waals surface area (Å²) in [5.74, 6) is 1.27. The van der Waals surface area contributed by atoms with Crippen molar-refractivity contribution >= 4 is 5.91 Å². The SMILES string of the molecule is CN1CC(NCc2ccc3c(c2)CC(C)(C)O3)CCC1=O. The van der Waals surface area contributed by atoms with Gasteiger partial charge >= 0.3 is 0 Å². The molecule has 1 amide bonds. The van der Waals surface area contributed by atoms with Crippen LogP contribution in [0.25, 0.3) is 0 Å². The van der Waals surface area contributed by atoms with E-state index in [0.717, 1.165) is 31.7 Å². The average Bonchev–Trinajstić information content (AvgIpc) is 2.73. The second kappa shape index (κ2) is 5.34. The van der Waals surface area contributed by atoms with E-state index in [1.165, 1.54) is 11.1 Å². The van der Waals surface area contributed by atoms with Crippen LogP contribution in [0.15, 0.2) is 18.2 Å². The van der Waals surface area contributed by atoms with E-state index in [2.05, 4.69) is 37.4 Å². The summed E-state index contributed by atoms with van der Waals surface area (Å²) >= 11 is 0. The number of ether oxygens (including phenoxy) is 1. The molecule has 4 nitrogen and oxygen atoms in total. The minimum Gasteiger partial charge on any atom is -0.487 e. The first-order chi connectivity index (χ1) is 9.93. The van der Waals surface area contributed by atoms with Crippen molar-refractivity contribution in [2.24, 2.45) is 0 Å². The zero-order chi connectivity index (χ0) is 15.0. The Balaban J connectivity index is 1.59. The van der Waals surface area contributed by atoms with Crippen molar-refractivity contribution in [3.8, 4) is 5.75 Å². The van der Waals surface area contributed by atoms with Gasteiger partial charge < -0.3 is 15.0 Å². The summed E-state index contributed by atoms with van der Waals surface area (Å²) < 4.78 is 5.91. The van der Waals surface area contributed by atoms with Gasteiger partial charge in [0.25, 0.3) is 0 Å².